The SMILES string of the molecule is Nc1ccc(P(c2ccccc2)c2ccc(N)cc2)cc1. The number of hydrogen-bond acceptors (Lipinski definition) is 2. The molecule has 104 valence electrons. The molecule has 3 rings (SSSR count). The smallest absolute Gasteiger partial charge is 0.0314 e. The summed E-state index contributed by atoms with van der Waals surface area (Å²) in [4.78, 5) is 0. The molecule has 0 saturated carbocycles. The molecule has 0 heterocycles. The Balaban J connectivity index is 2.11. The molecule has 0 radical (unpaired) electrons. The van der Waals surface area contributed by atoms with Crippen molar-refractivity contribution in [1.29, 1.82) is 0 Å². The van der Waals surface area contributed by atoms with E-state index in [1.807, 2.05) is 30.3 Å². The highest BCUT2D eigenvalue weighted by atomic mass is 31.1. The lowest BCUT2D eigenvalue weighted by Crippen LogP contribution is -2.20. The van der Waals surface area contributed by atoms with Gasteiger partial charge in [-0.2, -0.15) is 0 Å². The van der Waals surface area contributed by atoms with Crippen molar-refractivity contribution in [3.63, 3.8) is 0 Å². The van der Waals surface area contributed by atoms with E-state index in [9.17, 15) is 0 Å². The highest BCUT2D eigenvalue weighted by Crippen LogP contribution is 2.33. The van der Waals surface area contributed by atoms with Gasteiger partial charge in [-0.05, 0) is 48.1 Å². The molecule has 0 aliphatic rings. The summed E-state index contributed by atoms with van der Waals surface area (Å²) in [6, 6.07) is 26.9. The minimum atomic E-state index is -0.582. The van der Waals surface area contributed by atoms with Crippen molar-refractivity contribution in [3.8, 4) is 0 Å². The molecule has 0 bridgehead atoms. The van der Waals surface area contributed by atoms with Crippen molar-refractivity contribution < 1.29 is 0 Å². The first-order valence-corrected chi connectivity index (χ1v) is 8.14. The number of nitrogen functional groups attached to an aromatic ring is 2. The van der Waals surface area contributed by atoms with E-state index in [4.69, 9.17) is 11.5 Å². The molecule has 21 heavy (non-hydrogen) atoms. The van der Waals surface area contributed by atoms with E-state index in [0.29, 0.717) is 0 Å². The molecule has 0 fully saturated rings. The molecule has 3 heteroatoms. The van der Waals surface area contributed by atoms with E-state index in [1.165, 1.54) is 15.9 Å². The Morgan fingerprint density at radius 3 is 1.29 bits per heavy atom. The van der Waals surface area contributed by atoms with Crippen LogP contribution in [-0.2, 0) is 0 Å². The first-order valence-electron chi connectivity index (χ1n) is 6.80. The van der Waals surface area contributed by atoms with E-state index in [1.54, 1.807) is 0 Å². The Morgan fingerprint density at radius 2 is 0.857 bits per heavy atom. The Bertz CT molecular complexity index is 661. The maximum absolute atomic E-state index is 5.81. The summed E-state index contributed by atoms with van der Waals surface area (Å²) in [5, 5.41) is 3.90. The predicted molar refractivity (Wildman–Crippen MR) is 94.0 cm³/mol. The van der Waals surface area contributed by atoms with Crippen LogP contribution in [0.2, 0.25) is 0 Å². The number of benzene rings is 3. The summed E-state index contributed by atoms with van der Waals surface area (Å²) in [6.45, 7) is 0. The van der Waals surface area contributed by atoms with Gasteiger partial charge in [-0.3, -0.25) is 0 Å². The van der Waals surface area contributed by atoms with Crippen LogP contribution >= 0.6 is 7.92 Å². The predicted octanol–water partition coefficient (Wildman–Crippen LogP) is 2.61. The monoisotopic (exact) mass is 292 g/mol. The normalized spacial score (nSPS) is 10.7. The second-order valence-electron chi connectivity index (χ2n) is 4.85. The van der Waals surface area contributed by atoms with Crippen LogP contribution in [0.1, 0.15) is 0 Å². The first-order chi connectivity index (χ1) is 10.2. The van der Waals surface area contributed by atoms with Gasteiger partial charge in [-0.25, -0.2) is 0 Å². The van der Waals surface area contributed by atoms with Crippen LogP contribution in [0.4, 0.5) is 11.4 Å². The minimum Gasteiger partial charge on any atom is -0.399 e. The average Bonchev–Trinajstić information content (AvgIpc) is 2.52. The Kier molecular flexibility index (Phi) is 3.89. The van der Waals surface area contributed by atoms with Gasteiger partial charge in [0.1, 0.15) is 0 Å². The summed E-state index contributed by atoms with van der Waals surface area (Å²) in [5.41, 5.74) is 13.2. The van der Waals surface area contributed by atoms with Crippen LogP contribution in [-0.4, -0.2) is 0 Å². The van der Waals surface area contributed by atoms with Crippen molar-refractivity contribution in [2.24, 2.45) is 0 Å². The molecule has 0 atom stereocenters. The zero-order chi connectivity index (χ0) is 14.7. The lowest BCUT2D eigenvalue weighted by atomic mass is 10.3. The van der Waals surface area contributed by atoms with Crippen molar-refractivity contribution in [3.05, 3.63) is 78.9 Å². The van der Waals surface area contributed by atoms with Crippen LogP contribution in [0.25, 0.3) is 0 Å². The largest absolute Gasteiger partial charge is 0.399 e. The Morgan fingerprint density at radius 1 is 0.476 bits per heavy atom. The van der Waals surface area contributed by atoms with Crippen molar-refractivity contribution in [1.82, 2.24) is 0 Å². The van der Waals surface area contributed by atoms with E-state index >= 15 is 0 Å². The summed E-state index contributed by atoms with van der Waals surface area (Å²) < 4.78 is 0. The third-order valence-electron chi connectivity index (χ3n) is 3.32. The molecule has 0 unspecified atom stereocenters. The zero-order valence-electron chi connectivity index (χ0n) is 11.6. The van der Waals surface area contributed by atoms with Crippen LogP contribution < -0.4 is 27.4 Å². The Labute approximate surface area is 126 Å². The van der Waals surface area contributed by atoms with Gasteiger partial charge in [-0.1, -0.05) is 54.6 Å². The molecule has 0 aromatic heterocycles. The molecule has 4 N–H and O–H groups in total. The van der Waals surface area contributed by atoms with Gasteiger partial charge in [0.25, 0.3) is 0 Å². The van der Waals surface area contributed by atoms with Gasteiger partial charge >= 0.3 is 0 Å². The van der Waals surface area contributed by atoms with Crippen LogP contribution in [0.3, 0.4) is 0 Å². The summed E-state index contributed by atoms with van der Waals surface area (Å²) in [6.07, 6.45) is 0. The van der Waals surface area contributed by atoms with Crippen LogP contribution in [0.15, 0.2) is 78.9 Å². The molecule has 0 aliphatic carbocycles. The standard InChI is InChI=1S/C18H17N2P/c19-14-6-10-17(11-7-14)21(16-4-2-1-3-5-16)18-12-8-15(20)9-13-18/h1-13H,19-20H2. The van der Waals surface area contributed by atoms with Gasteiger partial charge in [0.05, 0.1) is 0 Å². The molecule has 0 amide bonds. The van der Waals surface area contributed by atoms with Crippen molar-refractivity contribution >= 4 is 35.2 Å². The Hall–Kier alpha value is -2.31. The fourth-order valence-electron chi connectivity index (χ4n) is 2.27. The van der Waals surface area contributed by atoms with Gasteiger partial charge in [0.2, 0.25) is 0 Å². The van der Waals surface area contributed by atoms with Gasteiger partial charge in [-0.15, -0.1) is 0 Å². The third kappa shape index (κ3) is 3.07. The fourth-order valence-corrected chi connectivity index (χ4v) is 4.53. The quantitative estimate of drug-likeness (QED) is 0.576. The molecule has 0 aliphatic heterocycles. The molecule has 3 aromatic carbocycles. The topological polar surface area (TPSA) is 52.0 Å². The lowest BCUT2D eigenvalue weighted by molar-refractivity contribution is 1.71. The van der Waals surface area contributed by atoms with Crippen LogP contribution in [0.5, 0.6) is 0 Å². The van der Waals surface area contributed by atoms with Gasteiger partial charge in [0, 0.05) is 11.4 Å². The molecular formula is C18H17N2P. The fraction of sp³-hybridized carbons (Fsp3) is 0. The van der Waals surface area contributed by atoms with Crippen molar-refractivity contribution in [2.45, 2.75) is 0 Å². The third-order valence-corrected chi connectivity index (χ3v) is 5.76. The summed E-state index contributed by atoms with van der Waals surface area (Å²) in [5.74, 6) is 0. The lowest BCUT2D eigenvalue weighted by Gasteiger charge is -2.19. The highest BCUT2D eigenvalue weighted by Gasteiger charge is 2.15. The number of nitrogens with two attached hydrogens (primary N) is 2. The van der Waals surface area contributed by atoms with Crippen molar-refractivity contribution in [2.75, 3.05) is 11.5 Å². The molecule has 3 aromatic rings. The minimum absolute atomic E-state index is 0.582. The molecule has 0 spiro atoms. The maximum atomic E-state index is 5.81. The van der Waals surface area contributed by atoms with E-state index in [0.717, 1.165) is 11.4 Å². The molecule has 2 nitrogen and oxygen atoms in total. The van der Waals surface area contributed by atoms with Gasteiger partial charge < -0.3 is 11.5 Å². The second-order valence-corrected chi connectivity index (χ2v) is 7.07. The first kappa shape index (κ1) is 13.7. The summed E-state index contributed by atoms with van der Waals surface area (Å²) >= 11 is 0. The highest BCUT2D eigenvalue weighted by molar-refractivity contribution is 7.79. The van der Waals surface area contributed by atoms with E-state index < -0.39 is 7.92 Å². The maximum Gasteiger partial charge on any atom is 0.0314 e. The average molecular weight is 292 g/mol. The number of rotatable bonds is 3. The second kappa shape index (κ2) is 5.99. The van der Waals surface area contributed by atoms with Crippen LogP contribution in [0, 0.1) is 0 Å². The zero-order valence-corrected chi connectivity index (χ0v) is 12.5. The molecule has 0 saturated heterocycles. The summed E-state index contributed by atoms with van der Waals surface area (Å²) in [7, 11) is -0.582. The number of anilines is 2. The van der Waals surface area contributed by atoms with E-state index in [2.05, 4.69) is 48.5 Å². The van der Waals surface area contributed by atoms with Gasteiger partial charge in [0.15, 0.2) is 0 Å². The molecular weight excluding hydrogens is 275 g/mol. The van der Waals surface area contributed by atoms with E-state index in [-0.39, 0.29) is 0 Å². The number of hydrogen-bond donors (Lipinski definition) is 2.